The molecule has 2 nitrogen and oxygen atoms in total. The van der Waals surface area contributed by atoms with Crippen LogP contribution in [0.1, 0.15) is 72.1 Å². The van der Waals surface area contributed by atoms with Crippen LogP contribution in [0.2, 0.25) is 0 Å². The molecule has 0 radical (unpaired) electrons. The summed E-state index contributed by atoms with van der Waals surface area (Å²) in [6.45, 7) is 7.37. The molecule has 2 heteroatoms. The Hall–Kier alpha value is -0.0800. The molecular weight excluding hydrogens is 234 g/mol. The Balaban J connectivity index is 2.01. The van der Waals surface area contributed by atoms with Crippen molar-refractivity contribution in [2.75, 3.05) is 6.54 Å². The normalized spacial score (nSPS) is 36.0. The first kappa shape index (κ1) is 15.3. The fraction of sp³-hybridized carbons (Fsp3) is 1.00. The summed E-state index contributed by atoms with van der Waals surface area (Å²) >= 11 is 0. The standard InChI is InChI=1S/C17H33NO/c1-13(2)15-7-9-17(12-18,10-8-15)16(3,19)11-14-5-4-6-14/h13-15,19H,4-12,18H2,1-3H3. The van der Waals surface area contributed by atoms with Crippen LogP contribution in [0.3, 0.4) is 0 Å². The van der Waals surface area contributed by atoms with Gasteiger partial charge in [-0.2, -0.15) is 0 Å². The van der Waals surface area contributed by atoms with Crippen molar-refractivity contribution in [1.82, 2.24) is 0 Å². The average molecular weight is 267 g/mol. The van der Waals surface area contributed by atoms with Crippen LogP contribution >= 0.6 is 0 Å². The van der Waals surface area contributed by atoms with Gasteiger partial charge in [0, 0.05) is 12.0 Å². The SMILES string of the molecule is CC(C)C1CCC(CN)(C(C)(O)CC2CCC2)CC1. The Morgan fingerprint density at radius 3 is 2.16 bits per heavy atom. The zero-order chi connectivity index (χ0) is 14.1. The Morgan fingerprint density at radius 2 is 1.79 bits per heavy atom. The summed E-state index contributed by atoms with van der Waals surface area (Å²) in [5, 5.41) is 11.1. The minimum Gasteiger partial charge on any atom is -0.390 e. The zero-order valence-electron chi connectivity index (χ0n) is 13.1. The van der Waals surface area contributed by atoms with Crippen LogP contribution < -0.4 is 5.73 Å². The maximum absolute atomic E-state index is 11.1. The summed E-state index contributed by atoms with van der Waals surface area (Å²) in [6, 6.07) is 0. The highest BCUT2D eigenvalue weighted by molar-refractivity contribution is 5.01. The van der Waals surface area contributed by atoms with Crippen molar-refractivity contribution in [3.05, 3.63) is 0 Å². The van der Waals surface area contributed by atoms with Crippen molar-refractivity contribution in [1.29, 1.82) is 0 Å². The molecule has 3 N–H and O–H groups in total. The molecule has 2 saturated carbocycles. The van der Waals surface area contributed by atoms with Gasteiger partial charge in [0.25, 0.3) is 0 Å². The van der Waals surface area contributed by atoms with E-state index in [1.165, 1.54) is 32.1 Å². The topological polar surface area (TPSA) is 46.2 Å². The number of aliphatic hydroxyl groups is 1. The van der Waals surface area contributed by atoms with Crippen molar-refractivity contribution in [3.63, 3.8) is 0 Å². The summed E-state index contributed by atoms with van der Waals surface area (Å²) in [7, 11) is 0. The molecule has 0 aromatic rings. The van der Waals surface area contributed by atoms with E-state index in [9.17, 15) is 5.11 Å². The van der Waals surface area contributed by atoms with E-state index >= 15 is 0 Å². The number of rotatable bonds is 5. The third-order valence-corrected chi connectivity index (χ3v) is 6.37. The van der Waals surface area contributed by atoms with Crippen molar-refractivity contribution < 1.29 is 5.11 Å². The minimum absolute atomic E-state index is 0.0199. The zero-order valence-corrected chi connectivity index (χ0v) is 13.1. The molecule has 0 aliphatic heterocycles. The quantitative estimate of drug-likeness (QED) is 0.797. The molecule has 0 spiro atoms. The van der Waals surface area contributed by atoms with Crippen molar-refractivity contribution in [3.8, 4) is 0 Å². The second-order valence-electron chi connectivity index (χ2n) is 7.84. The number of hydrogen-bond acceptors (Lipinski definition) is 2. The van der Waals surface area contributed by atoms with Crippen LogP contribution in [0.4, 0.5) is 0 Å². The molecule has 0 amide bonds. The first-order valence-electron chi connectivity index (χ1n) is 8.33. The second kappa shape index (κ2) is 5.73. The van der Waals surface area contributed by atoms with Gasteiger partial charge < -0.3 is 10.8 Å². The van der Waals surface area contributed by atoms with E-state index in [4.69, 9.17) is 5.73 Å². The summed E-state index contributed by atoms with van der Waals surface area (Å²) < 4.78 is 0. The van der Waals surface area contributed by atoms with Gasteiger partial charge in [-0.1, -0.05) is 33.1 Å². The van der Waals surface area contributed by atoms with Crippen LogP contribution in [0.15, 0.2) is 0 Å². The van der Waals surface area contributed by atoms with Crippen LogP contribution in [-0.4, -0.2) is 17.3 Å². The molecule has 1 unspecified atom stereocenters. The van der Waals surface area contributed by atoms with E-state index in [0.29, 0.717) is 6.54 Å². The largest absolute Gasteiger partial charge is 0.390 e. The molecule has 2 rings (SSSR count). The molecule has 19 heavy (non-hydrogen) atoms. The fourth-order valence-electron chi connectivity index (χ4n) is 4.30. The van der Waals surface area contributed by atoms with Gasteiger partial charge in [-0.25, -0.2) is 0 Å². The predicted octanol–water partition coefficient (Wildman–Crippen LogP) is 3.72. The van der Waals surface area contributed by atoms with Gasteiger partial charge in [-0.05, 0) is 56.8 Å². The summed E-state index contributed by atoms with van der Waals surface area (Å²) in [5.41, 5.74) is 5.54. The molecule has 0 heterocycles. The van der Waals surface area contributed by atoms with E-state index in [2.05, 4.69) is 20.8 Å². The summed E-state index contributed by atoms with van der Waals surface area (Å²) in [4.78, 5) is 0. The van der Waals surface area contributed by atoms with Crippen LogP contribution in [0.5, 0.6) is 0 Å². The summed E-state index contributed by atoms with van der Waals surface area (Å²) in [6.07, 6.45) is 9.67. The van der Waals surface area contributed by atoms with Crippen molar-refractivity contribution >= 4 is 0 Å². The highest BCUT2D eigenvalue weighted by Crippen LogP contribution is 2.50. The molecule has 0 aromatic carbocycles. The molecule has 112 valence electrons. The molecule has 0 aromatic heterocycles. The van der Waals surface area contributed by atoms with Crippen LogP contribution in [0.25, 0.3) is 0 Å². The van der Waals surface area contributed by atoms with E-state index in [0.717, 1.165) is 37.0 Å². The minimum atomic E-state index is -0.561. The van der Waals surface area contributed by atoms with E-state index in [1.807, 2.05) is 0 Å². The first-order chi connectivity index (χ1) is 8.90. The number of hydrogen-bond donors (Lipinski definition) is 2. The van der Waals surface area contributed by atoms with Gasteiger partial charge in [-0.3, -0.25) is 0 Å². The number of nitrogens with two attached hydrogens (primary N) is 1. The van der Waals surface area contributed by atoms with Crippen LogP contribution in [0, 0.1) is 23.2 Å². The van der Waals surface area contributed by atoms with Crippen molar-refractivity contribution in [2.45, 2.75) is 77.7 Å². The maximum Gasteiger partial charge on any atom is 0.0690 e. The molecule has 0 bridgehead atoms. The van der Waals surface area contributed by atoms with Crippen molar-refractivity contribution in [2.24, 2.45) is 28.9 Å². The third kappa shape index (κ3) is 3.00. The second-order valence-corrected chi connectivity index (χ2v) is 7.84. The molecular formula is C17H33NO. The maximum atomic E-state index is 11.1. The third-order valence-electron chi connectivity index (χ3n) is 6.37. The fourth-order valence-corrected chi connectivity index (χ4v) is 4.30. The smallest absolute Gasteiger partial charge is 0.0690 e. The Bertz CT molecular complexity index is 286. The van der Waals surface area contributed by atoms with E-state index in [-0.39, 0.29) is 5.41 Å². The molecule has 2 aliphatic rings. The molecule has 0 saturated heterocycles. The lowest BCUT2D eigenvalue weighted by atomic mass is 9.58. The summed E-state index contributed by atoms with van der Waals surface area (Å²) in [5.74, 6) is 2.35. The van der Waals surface area contributed by atoms with Gasteiger partial charge in [-0.15, -0.1) is 0 Å². The molecule has 2 aliphatic carbocycles. The monoisotopic (exact) mass is 267 g/mol. The average Bonchev–Trinajstić information content (AvgIpc) is 2.34. The van der Waals surface area contributed by atoms with Crippen LogP contribution in [-0.2, 0) is 0 Å². The van der Waals surface area contributed by atoms with E-state index in [1.54, 1.807) is 0 Å². The van der Waals surface area contributed by atoms with Gasteiger partial charge in [0.05, 0.1) is 5.60 Å². The van der Waals surface area contributed by atoms with Gasteiger partial charge >= 0.3 is 0 Å². The lowest BCUT2D eigenvalue weighted by molar-refractivity contribution is -0.113. The van der Waals surface area contributed by atoms with Gasteiger partial charge in [0.1, 0.15) is 0 Å². The highest BCUT2D eigenvalue weighted by Gasteiger charge is 2.49. The predicted molar refractivity (Wildman–Crippen MR) is 80.9 cm³/mol. The Morgan fingerprint density at radius 1 is 1.21 bits per heavy atom. The van der Waals surface area contributed by atoms with Gasteiger partial charge in [0.2, 0.25) is 0 Å². The first-order valence-corrected chi connectivity index (χ1v) is 8.33. The van der Waals surface area contributed by atoms with Gasteiger partial charge in [0.15, 0.2) is 0 Å². The Labute approximate surface area is 119 Å². The highest BCUT2D eigenvalue weighted by atomic mass is 16.3. The molecule has 1 atom stereocenters. The lowest BCUT2D eigenvalue weighted by Crippen LogP contribution is -2.54. The molecule has 2 fully saturated rings. The Kier molecular flexibility index (Phi) is 4.62. The lowest BCUT2D eigenvalue weighted by Gasteiger charge is -2.51. The van der Waals surface area contributed by atoms with E-state index < -0.39 is 5.60 Å².